The molecular formula is C20H21BrClN5O2. The first-order chi connectivity index (χ1) is 13.9. The number of hydrogen-bond acceptors (Lipinski definition) is 5. The Morgan fingerprint density at radius 1 is 1.38 bits per heavy atom. The summed E-state index contributed by atoms with van der Waals surface area (Å²) in [5.74, 6) is 1.65. The van der Waals surface area contributed by atoms with Crippen molar-refractivity contribution in [3.63, 3.8) is 0 Å². The average Bonchev–Trinajstić information content (AvgIpc) is 3.02. The first kappa shape index (κ1) is 18.9. The Hall–Kier alpha value is -2.06. The third-order valence-corrected chi connectivity index (χ3v) is 7.01. The van der Waals surface area contributed by atoms with E-state index in [9.17, 15) is 4.79 Å². The van der Waals surface area contributed by atoms with Crippen LogP contribution < -0.4 is 15.8 Å². The molecule has 2 bridgehead atoms. The number of fused-ring (bicyclic) bond motifs is 1. The zero-order valence-corrected chi connectivity index (χ0v) is 18.3. The van der Waals surface area contributed by atoms with Crippen LogP contribution in [-0.2, 0) is 13.1 Å². The number of anilines is 1. The van der Waals surface area contributed by atoms with Crippen molar-refractivity contribution in [3.05, 3.63) is 32.9 Å². The lowest BCUT2D eigenvalue weighted by Gasteiger charge is -2.61. The number of benzene rings is 1. The van der Waals surface area contributed by atoms with Crippen LogP contribution in [0.2, 0.25) is 5.02 Å². The second kappa shape index (κ2) is 6.74. The quantitative estimate of drug-likeness (QED) is 0.689. The number of aromatic nitrogens is 2. The minimum atomic E-state index is -0.0532. The van der Waals surface area contributed by atoms with E-state index in [1.165, 1.54) is 0 Å². The van der Waals surface area contributed by atoms with Gasteiger partial charge in [0.15, 0.2) is 0 Å². The van der Waals surface area contributed by atoms with Crippen LogP contribution >= 0.6 is 27.5 Å². The molecule has 29 heavy (non-hydrogen) atoms. The molecule has 0 atom stereocenters. The molecule has 0 spiro atoms. The Morgan fingerprint density at radius 3 is 2.79 bits per heavy atom. The molecule has 2 amide bonds. The number of ether oxygens (including phenoxy) is 1. The highest BCUT2D eigenvalue weighted by Crippen LogP contribution is 2.57. The highest BCUT2D eigenvalue weighted by atomic mass is 79.9. The summed E-state index contributed by atoms with van der Waals surface area (Å²) in [4.78, 5) is 23.4. The molecular weight excluding hydrogens is 458 g/mol. The Kier molecular flexibility index (Phi) is 4.40. The number of nitrogen functional groups attached to an aromatic ring is 1. The standard InChI is InChI=1S/C20H21BrClN5O2/c1-2-29-16-3-11(14(22)4-13(16)21)17-12-8-27(9-15(12)24-18(23)25-17)19(28)26-20-5-10(6-20)7-20/h3-4,10H,2,5-9H2,1H3,(H,26,28)(H2,23,24,25). The van der Waals surface area contributed by atoms with Gasteiger partial charge in [0.05, 0.1) is 40.6 Å². The van der Waals surface area contributed by atoms with Gasteiger partial charge in [-0.05, 0) is 60.2 Å². The predicted octanol–water partition coefficient (Wildman–Crippen LogP) is 4.12. The van der Waals surface area contributed by atoms with Crippen molar-refractivity contribution in [1.29, 1.82) is 0 Å². The fourth-order valence-corrected chi connectivity index (χ4v) is 5.40. The van der Waals surface area contributed by atoms with E-state index in [0.29, 0.717) is 41.7 Å². The summed E-state index contributed by atoms with van der Waals surface area (Å²) in [5.41, 5.74) is 9.01. The van der Waals surface area contributed by atoms with Gasteiger partial charge in [0, 0.05) is 16.7 Å². The Morgan fingerprint density at radius 2 is 2.14 bits per heavy atom. The minimum absolute atomic E-state index is 0.0332. The average molecular weight is 479 g/mol. The number of nitrogens with zero attached hydrogens (tertiary/aromatic N) is 3. The number of amides is 2. The summed E-state index contributed by atoms with van der Waals surface area (Å²) in [5, 5.41) is 3.73. The van der Waals surface area contributed by atoms with Gasteiger partial charge in [-0.15, -0.1) is 0 Å². The van der Waals surface area contributed by atoms with Crippen LogP contribution in [-0.4, -0.2) is 33.0 Å². The third kappa shape index (κ3) is 3.13. The smallest absolute Gasteiger partial charge is 0.318 e. The topological polar surface area (TPSA) is 93.4 Å². The molecule has 1 aromatic heterocycles. The summed E-state index contributed by atoms with van der Waals surface area (Å²) < 4.78 is 6.46. The lowest BCUT2D eigenvalue weighted by atomic mass is 9.50. The van der Waals surface area contributed by atoms with Crippen LogP contribution in [0.1, 0.15) is 37.4 Å². The molecule has 9 heteroatoms. The fourth-order valence-electron chi connectivity index (χ4n) is 4.55. The maximum absolute atomic E-state index is 12.8. The lowest BCUT2D eigenvalue weighted by molar-refractivity contribution is -0.0434. The molecule has 3 saturated carbocycles. The molecule has 3 aliphatic carbocycles. The number of halogens is 2. The minimum Gasteiger partial charge on any atom is -0.493 e. The summed E-state index contributed by atoms with van der Waals surface area (Å²) in [6.07, 6.45) is 3.31. The Balaban J connectivity index is 1.47. The molecule has 3 N–H and O–H groups in total. The van der Waals surface area contributed by atoms with Crippen molar-refractivity contribution >= 4 is 39.5 Å². The van der Waals surface area contributed by atoms with E-state index in [1.807, 2.05) is 13.0 Å². The molecule has 6 rings (SSSR count). The normalized spacial score (nSPS) is 23.8. The summed E-state index contributed by atoms with van der Waals surface area (Å²) in [6, 6.07) is 3.58. The number of carbonyl (C=O) groups is 1. The van der Waals surface area contributed by atoms with E-state index in [2.05, 4.69) is 31.2 Å². The highest BCUT2D eigenvalue weighted by molar-refractivity contribution is 9.10. The van der Waals surface area contributed by atoms with Gasteiger partial charge in [-0.3, -0.25) is 0 Å². The van der Waals surface area contributed by atoms with E-state index in [1.54, 1.807) is 11.0 Å². The zero-order chi connectivity index (χ0) is 20.3. The van der Waals surface area contributed by atoms with Gasteiger partial charge in [0.25, 0.3) is 0 Å². The first-order valence-electron chi connectivity index (χ1n) is 9.72. The van der Waals surface area contributed by atoms with Crippen molar-refractivity contribution in [2.45, 2.75) is 44.8 Å². The second-order valence-electron chi connectivity index (χ2n) is 8.10. The number of hydrogen-bond donors (Lipinski definition) is 2. The van der Waals surface area contributed by atoms with E-state index < -0.39 is 0 Å². The van der Waals surface area contributed by atoms with Crippen molar-refractivity contribution in [1.82, 2.24) is 20.2 Å². The van der Waals surface area contributed by atoms with Crippen molar-refractivity contribution in [3.8, 4) is 17.0 Å². The van der Waals surface area contributed by atoms with Gasteiger partial charge < -0.3 is 20.7 Å². The van der Waals surface area contributed by atoms with E-state index in [-0.39, 0.29) is 17.5 Å². The summed E-state index contributed by atoms with van der Waals surface area (Å²) in [6.45, 7) is 3.28. The molecule has 3 fully saturated rings. The summed E-state index contributed by atoms with van der Waals surface area (Å²) >= 11 is 10.0. The van der Waals surface area contributed by atoms with Gasteiger partial charge in [-0.2, -0.15) is 0 Å². The van der Waals surface area contributed by atoms with Crippen LogP contribution in [0.3, 0.4) is 0 Å². The van der Waals surface area contributed by atoms with Gasteiger partial charge in [-0.25, -0.2) is 14.8 Å². The van der Waals surface area contributed by atoms with Crippen molar-refractivity contribution in [2.75, 3.05) is 12.3 Å². The summed E-state index contributed by atoms with van der Waals surface area (Å²) in [7, 11) is 0. The molecule has 152 valence electrons. The maximum atomic E-state index is 12.8. The molecule has 7 nitrogen and oxygen atoms in total. The maximum Gasteiger partial charge on any atom is 0.318 e. The highest BCUT2D eigenvalue weighted by Gasteiger charge is 2.57. The third-order valence-electron chi connectivity index (χ3n) is 6.07. The number of nitrogens with one attached hydrogen (secondary N) is 1. The first-order valence-corrected chi connectivity index (χ1v) is 10.9. The molecule has 1 aromatic carbocycles. The molecule has 1 aliphatic heterocycles. The monoisotopic (exact) mass is 477 g/mol. The number of carbonyl (C=O) groups excluding carboxylic acids is 1. The van der Waals surface area contributed by atoms with Crippen LogP contribution in [0.4, 0.5) is 10.7 Å². The molecule has 0 radical (unpaired) electrons. The van der Waals surface area contributed by atoms with Crippen LogP contribution in [0.15, 0.2) is 16.6 Å². The Bertz CT molecular complexity index is 1010. The van der Waals surface area contributed by atoms with Gasteiger partial charge in [-0.1, -0.05) is 11.6 Å². The van der Waals surface area contributed by atoms with Gasteiger partial charge >= 0.3 is 6.03 Å². The number of rotatable bonds is 4. The largest absolute Gasteiger partial charge is 0.493 e. The van der Waals surface area contributed by atoms with E-state index >= 15 is 0 Å². The Labute approximate surface area is 182 Å². The fraction of sp³-hybridized carbons (Fsp3) is 0.450. The molecule has 0 saturated heterocycles. The predicted molar refractivity (Wildman–Crippen MR) is 114 cm³/mol. The molecule has 0 unspecified atom stereocenters. The van der Waals surface area contributed by atoms with Gasteiger partial charge in [0.1, 0.15) is 5.75 Å². The SMILES string of the molecule is CCOc1cc(-c2nc(N)nc3c2CN(C(=O)NC24CC(C2)C4)C3)c(Cl)cc1Br. The van der Waals surface area contributed by atoms with E-state index in [0.717, 1.165) is 40.9 Å². The number of nitrogens with two attached hydrogens (primary N) is 1. The van der Waals surface area contributed by atoms with Crippen LogP contribution in [0.25, 0.3) is 11.3 Å². The number of urea groups is 1. The van der Waals surface area contributed by atoms with Crippen molar-refractivity contribution < 1.29 is 9.53 Å². The lowest BCUT2D eigenvalue weighted by Crippen LogP contribution is -2.69. The zero-order valence-electron chi connectivity index (χ0n) is 16.0. The van der Waals surface area contributed by atoms with Crippen LogP contribution in [0, 0.1) is 5.92 Å². The van der Waals surface area contributed by atoms with Gasteiger partial charge in [0.2, 0.25) is 5.95 Å². The second-order valence-corrected chi connectivity index (χ2v) is 9.36. The molecule has 4 aliphatic rings. The van der Waals surface area contributed by atoms with Crippen molar-refractivity contribution in [2.24, 2.45) is 5.92 Å². The molecule has 2 heterocycles. The van der Waals surface area contributed by atoms with E-state index in [4.69, 9.17) is 22.1 Å². The molecule has 2 aromatic rings. The van der Waals surface area contributed by atoms with Crippen LogP contribution in [0.5, 0.6) is 5.75 Å².